The Hall–Kier alpha value is -3.61. The summed E-state index contributed by atoms with van der Waals surface area (Å²) < 4.78 is 29.4. The van der Waals surface area contributed by atoms with E-state index in [2.05, 4.69) is 40.0 Å². The monoisotopic (exact) mass is 469 g/mol. The van der Waals surface area contributed by atoms with E-state index in [4.69, 9.17) is 0 Å². The van der Waals surface area contributed by atoms with Crippen LogP contribution in [0.1, 0.15) is 17.0 Å². The molecular formula is C28H27N3O2S. The van der Waals surface area contributed by atoms with Crippen LogP contribution in [-0.4, -0.2) is 34.0 Å². The van der Waals surface area contributed by atoms with Crippen LogP contribution < -0.4 is 9.62 Å². The predicted octanol–water partition coefficient (Wildman–Crippen LogP) is 5.50. The molecule has 0 amide bonds. The number of aromatic nitrogens is 1. The van der Waals surface area contributed by atoms with E-state index in [-0.39, 0.29) is 17.4 Å². The van der Waals surface area contributed by atoms with Crippen LogP contribution in [-0.2, 0) is 10.0 Å². The average Bonchev–Trinajstić information content (AvgIpc) is 3.28. The molecule has 0 saturated carbocycles. The van der Waals surface area contributed by atoms with Crippen molar-refractivity contribution < 1.29 is 8.42 Å². The zero-order valence-corrected chi connectivity index (χ0v) is 20.0. The number of sulfonamides is 1. The number of benzene rings is 4. The molecule has 2 N–H and O–H groups in total. The second-order valence-corrected chi connectivity index (χ2v) is 10.5. The maximum absolute atomic E-state index is 13.3. The summed E-state index contributed by atoms with van der Waals surface area (Å²) in [7, 11) is 0.318. The molecule has 5 aromatic rings. The lowest BCUT2D eigenvalue weighted by Crippen LogP contribution is -2.29. The van der Waals surface area contributed by atoms with Crippen LogP contribution >= 0.6 is 0 Å². The first-order valence-corrected chi connectivity index (χ1v) is 12.7. The SMILES string of the molecule is CN(C)c1ccc([C@@H](CNS(=O)(=O)c2ccc3ccccc3c2)c2c[nH]c3ccccc23)cc1. The van der Waals surface area contributed by atoms with Crippen molar-refractivity contribution in [3.8, 4) is 0 Å². The standard InChI is InChI=1S/C28H27N3O2S/c1-31(2)23-14-11-21(12-15-23)26(27-18-29-28-10-6-5-9-25(27)28)19-30-34(32,33)24-16-13-20-7-3-4-8-22(20)17-24/h3-18,26,29-30H,19H2,1-2H3/t26-/m1/s1. The number of para-hydroxylation sites is 1. The minimum Gasteiger partial charge on any atom is -0.378 e. The molecule has 34 heavy (non-hydrogen) atoms. The summed E-state index contributed by atoms with van der Waals surface area (Å²) in [6, 6.07) is 29.4. The summed E-state index contributed by atoms with van der Waals surface area (Å²) in [6.45, 7) is 0.248. The number of nitrogens with one attached hydrogen (secondary N) is 2. The van der Waals surface area contributed by atoms with Crippen molar-refractivity contribution >= 4 is 37.4 Å². The fourth-order valence-corrected chi connectivity index (χ4v) is 5.49. The molecule has 0 aliphatic carbocycles. The van der Waals surface area contributed by atoms with Crippen LogP contribution in [0.5, 0.6) is 0 Å². The smallest absolute Gasteiger partial charge is 0.240 e. The highest BCUT2D eigenvalue weighted by Gasteiger charge is 2.22. The Labute approximate surface area is 200 Å². The maximum atomic E-state index is 13.3. The first-order valence-electron chi connectivity index (χ1n) is 11.2. The largest absolute Gasteiger partial charge is 0.378 e. The third-order valence-corrected chi connectivity index (χ3v) is 7.74. The molecule has 0 aliphatic rings. The molecule has 0 unspecified atom stereocenters. The van der Waals surface area contributed by atoms with Gasteiger partial charge in [-0.3, -0.25) is 0 Å². The van der Waals surface area contributed by atoms with E-state index in [9.17, 15) is 8.42 Å². The summed E-state index contributed by atoms with van der Waals surface area (Å²) in [6.07, 6.45) is 1.99. The Balaban J connectivity index is 1.50. The summed E-state index contributed by atoms with van der Waals surface area (Å²) in [5, 5.41) is 3.01. The molecule has 4 aromatic carbocycles. The highest BCUT2D eigenvalue weighted by atomic mass is 32.2. The molecule has 1 heterocycles. The van der Waals surface area contributed by atoms with Gasteiger partial charge in [-0.15, -0.1) is 0 Å². The van der Waals surface area contributed by atoms with Crippen molar-refractivity contribution in [2.24, 2.45) is 0 Å². The number of anilines is 1. The summed E-state index contributed by atoms with van der Waals surface area (Å²) >= 11 is 0. The highest BCUT2D eigenvalue weighted by Crippen LogP contribution is 2.32. The molecule has 0 spiro atoms. The van der Waals surface area contributed by atoms with Crippen LogP contribution in [0.4, 0.5) is 5.69 Å². The molecule has 0 aliphatic heterocycles. The maximum Gasteiger partial charge on any atom is 0.240 e. The number of hydrogen-bond donors (Lipinski definition) is 2. The van der Waals surface area contributed by atoms with Crippen LogP contribution in [0.2, 0.25) is 0 Å². The Morgan fingerprint density at radius 3 is 2.32 bits per heavy atom. The van der Waals surface area contributed by atoms with Gasteiger partial charge in [-0.1, -0.05) is 60.7 Å². The van der Waals surface area contributed by atoms with Crippen molar-refractivity contribution in [3.05, 3.63) is 108 Å². The summed E-state index contributed by atoms with van der Waals surface area (Å²) in [5.41, 5.74) is 4.24. The Bertz CT molecular complexity index is 1550. The van der Waals surface area contributed by atoms with Crippen LogP contribution in [0.25, 0.3) is 21.7 Å². The molecule has 0 fully saturated rings. The van der Waals surface area contributed by atoms with Crippen molar-refractivity contribution in [3.63, 3.8) is 0 Å². The third-order valence-electron chi connectivity index (χ3n) is 6.32. The predicted molar refractivity (Wildman–Crippen MR) is 140 cm³/mol. The molecule has 0 bridgehead atoms. The Morgan fingerprint density at radius 1 is 0.853 bits per heavy atom. The molecule has 1 atom stereocenters. The average molecular weight is 470 g/mol. The van der Waals surface area contributed by atoms with E-state index in [0.717, 1.165) is 38.5 Å². The van der Waals surface area contributed by atoms with E-state index in [1.165, 1.54) is 0 Å². The highest BCUT2D eigenvalue weighted by molar-refractivity contribution is 7.89. The second-order valence-electron chi connectivity index (χ2n) is 8.69. The van der Waals surface area contributed by atoms with Crippen molar-refractivity contribution in [1.29, 1.82) is 0 Å². The lowest BCUT2D eigenvalue weighted by molar-refractivity contribution is 0.578. The number of fused-ring (bicyclic) bond motifs is 2. The molecular weight excluding hydrogens is 442 g/mol. The molecule has 5 rings (SSSR count). The van der Waals surface area contributed by atoms with E-state index >= 15 is 0 Å². The van der Waals surface area contributed by atoms with Crippen molar-refractivity contribution in [2.45, 2.75) is 10.8 Å². The van der Waals surface area contributed by atoms with Crippen LogP contribution in [0.15, 0.2) is 102 Å². The van der Waals surface area contributed by atoms with Gasteiger partial charge in [0.25, 0.3) is 0 Å². The van der Waals surface area contributed by atoms with Crippen molar-refractivity contribution in [1.82, 2.24) is 9.71 Å². The van der Waals surface area contributed by atoms with Crippen LogP contribution in [0, 0.1) is 0 Å². The number of H-pyrrole nitrogens is 1. The van der Waals surface area contributed by atoms with Gasteiger partial charge in [-0.05, 0) is 52.2 Å². The molecule has 0 radical (unpaired) electrons. The lowest BCUT2D eigenvalue weighted by Gasteiger charge is -2.20. The number of nitrogens with zero attached hydrogens (tertiary/aromatic N) is 1. The van der Waals surface area contributed by atoms with Gasteiger partial charge in [0.2, 0.25) is 10.0 Å². The van der Waals surface area contributed by atoms with Crippen molar-refractivity contribution in [2.75, 3.05) is 25.5 Å². The van der Waals surface area contributed by atoms with Gasteiger partial charge in [0.05, 0.1) is 4.90 Å². The molecule has 0 saturated heterocycles. The van der Waals surface area contributed by atoms with Crippen LogP contribution in [0.3, 0.4) is 0 Å². The number of hydrogen-bond acceptors (Lipinski definition) is 3. The quantitative estimate of drug-likeness (QED) is 0.331. The van der Waals surface area contributed by atoms with Gasteiger partial charge in [-0.25, -0.2) is 13.1 Å². The Kier molecular flexibility index (Phi) is 5.86. The Morgan fingerprint density at radius 2 is 1.56 bits per heavy atom. The number of aromatic amines is 1. The van der Waals surface area contributed by atoms with Gasteiger partial charge in [0.1, 0.15) is 0 Å². The molecule has 172 valence electrons. The second kappa shape index (κ2) is 8.97. The topological polar surface area (TPSA) is 65.2 Å². The van der Waals surface area contributed by atoms with E-state index in [1.807, 2.05) is 73.7 Å². The lowest BCUT2D eigenvalue weighted by atomic mass is 9.91. The summed E-state index contributed by atoms with van der Waals surface area (Å²) in [5.74, 6) is -0.150. The van der Waals surface area contributed by atoms with E-state index in [0.29, 0.717) is 0 Å². The first kappa shape index (κ1) is 22.2. The zero-order chi connectivity index (χ0) is 23.7. The fraction of sp³-hybridized carbons (Fsp3) is 0.143. The van der Waals surface area contributed by atoms with Gasteiger partial charge in [0, 0.05) is 49.3 Å². The fourth-order valence-electron chi connectivity index (χ4n) is 4.41. The minimum atomic E-state index is -3.69. The first-order chi connectivity index (χ1) is 16.4. The third kappa shape index (κ3) is 4.30. The van der Waals surface area contributed by atoms with E-state index in [1.54, 1.807) is 12.1 Å². The normalized spacial score (nSPS) is 12.8. The number of rotatable bonds is 7. The van der Waals surface area contributed by atoms with Gasteiger partial charge >= 0.3 is 0 Å². The van der Waals surface area contributed by atoms with E-state index < -0.39 is 10.0 Å². The van der Waals surface area contributed by atoms with Gasteiger partial charge < -0.3 is 9.88 Å². The summed E-state index contributed by atoms with van der Waals surface area (Å²) in [4.78, 5) is 5.65. The minimum absolute atomic E-state index is 0.150. The van der Waals surface area contributed by atoms with Gasteiger partial charge in [-0.2, -0.15) is 0 Å². The molecule has 5 nitrogen and oxygen atoms in total. The van der Waals surface area contributed by atoms with Gasteiger partial charge in [0.15, 0.2) is 0 Å². The molecule has 6 heteroatoms. The molecule has 1 aromatic heterocycles. The zero-order valence-electron chi connectivity index (χ0n) is 19.2.